The molecule has 0 saturated heterocycles. The molecule has 0 spiro atoms. The van der Waals surface area contributed by atoms with E-state index in [0.717, 1.165) is 6.04 Å². The SMILES string of the molecule is Cc1ccc(CC(C)NC2CCCC(C)(C)C2)s1. The van der Waals surface area contributed by atoms with Crippen LogP contribution in [0, 0.1) is 12.3 Å². The second-order valence-electron chi connectivity index (χ2n) is 6.74. The van der Waals surface area contributed by atoms with Gasteiger partial charge in [0.1, 0.15) is 0 Å². The van der Waals surface area contributed by atoms with Crippen molar-refractivity contribution in [2.45, 2.75) is 71.9 Å². The molecule has 2 heteroatoms. The van der Waals surface area contributed by atoms with Crippen LogP contribution in [0.1, 0.15) is 56.2 Å². The average Bonchev–Trinajstić information content (AvgIpc) is 2.62. The fraction of sp³-hybridized carbons (Fsp3) is 0.750. The lowest BCUT2D eigenvalue weighted by atomic mass is 9.75. The van der Waals surface area contributed by atoms with Crippen molar-refractivity contribution < 1.29 is 0 Å². The van der Waals surface area contributed by atoms with E-state index in [0.29, 0.717) is 11.5 Å². The molecule has 1 N–H and O–H groups in total. The molecule has 1 aliphatic carbocycles. The first-order valence-electron chi connectivity index (χ1n) is 7.26. The predicted octanol–water partition coefficient (Wildman–Crippen LogP) is 4.55. The zero-order valence-corrected chi connectivity index (χ0v) is 13.1. The highest BCUT2D eigenvalue weighted by Gasteiger charge is 2.28. The number of rotatable bonds is 4. The molecular weight excluding hydrogens is 238 g/mol. The largest absolute Gasteiger partial charge is 0.311 e. The maximum absolute atomic E-state index is 3.84. The molecule has 18 heavy (non-hydrogen) atoms. The molecule has 1 nitrogen and oxygen atoms in total. The van der Waals surface area contributed by atoms with Gasteiger partial charge in [-0.05, 0) is 57.1 Å². The minimum absolute atomic E-state index is 0.537. The fourth-order valence-electron chi connectivity index (χ4n) is 3.20. The van der Waals surface area contributed by atoms with Gasteiger partial charge in [-0.3, -0.25) is 0 Å². The number of aryl methyl sites for hydroxylation is 1. The first kappa shape index (κ1) is 14.1. The molecule has 2 atom stereocenters. The minimum Gasteiger partial charge on any atom is -0.311 e. The van der Waals surface area contributed by atoms with Crippen LogP contribution >= 0.6 is 11.3 Å². The lowest BCUT2D eigenvalue weighted by Crippen LogP contribution is -2.42. The minimum atomic E-state index is 0.537. The van der Waals surface area contributed by atoms with Gasteiger partial charge in [-0.2, -0.15) is 0 Å². The molecule has 2 rings (SSSR count). The van der Waals surface area contributed by atoms with Gasteiger partial charge < -0.3 is 5.32 Å². The average molecular weight is 265 g/mol. The summed E-state index contributed by atoms with van der Waals surface area (Å²) in [5, 5.41) is 3.84. The third-order valence-electron chi connectivity index (χ3n) is 4.03. The molecular formula is C16H27NS. The summed E-state index contributed by atoms with van der Waals surface area (Å²) in [7, 11) is 0. The van der Waals surface area contributed by atoms with Gasteiger partial charge >= 0.3 is 0 Å². The molecule has 0 aliphatic heterocycles. The molecule has 1 aromatic heterocycles. The Morgan fingerprint density at radius 1 is 1.44 bits per heavy atom. The van der Waals surface area contributed by atoms with Gasteiger partial charge in [0.25, 0.3) is 0 Å². The van der Waals surface area contributed by atoms with Crippen LogP contribution in [-0.2, 0) is 6.42 Å². The Balaban J connectivity index is 1.82. The molecule has 0 bridgehead atoms. The number of hydrogen-bond acceptors (Lipinski definition) is 2. The summed E-state index contributed by atoms with van der Waals surface area (Å²) in [5.41, 5.74) is 0.537. The van der Waals surface area contributed by atoms with Crippen molar-refractivity contribution in [3.05, 3.63) is 21.9 Å². The van der Waals surface area contributed by atoms with Crippen molar-refractivity contribution in [2.24, 2.45) is 5.41 Å². The summed E-state index contributed by atoms with van der Waals surface area (Å²) in [5.74, 6) is 0. The lowest BCUT2D eigenvalue weighted by molar-refractivity contribution is 0.190. The highest BCUT2D eigenvalue weighted by molar-refractivity contribution is 7.11. The van der Waals surface area contributed by atoms with Crippen LogP contribution in [0.4, 0.5) is 0 Å². The summed E-state index contributed by atoms with van der Waals surface area (Å²) >= 11 is 1.94. The van der Waals surface area contributed by atoms with Crippen molar-refractivity contribution in [3.8, 4) is 0 Å². The van der Waals surface area contributed by atoms with Crippen LogP contribution in [0.3, 0.4) is 0 Å². The van der Waals surface area contributed by atoms with E-state index in [1.54, 1.807) is 0 Å². The molecule has 1 aromatic rings. The second kappa shape index (κ2) is 5.75. The molecule has 2 unspecified atom stereocenters. The third kappa shape index (κ3) is 4.10. The molecule has 1 aliphatic rings. The van der Waals surface area contributed by atoms with Gasteiger partial charge in [0.2, 0.25) is 0 Å². The monoisotopic (exact) mass is 265 g/mol. The highest BCUT2D eigenvalue weighted by Crippen LogP contribution is 2.35. The van der Waals surface area contributed by atoms with E-state index in [1.807, 2.05) is 11.3 Å². The summed E-state index contributed by atoms with van der Waals surface area (Å²) in [6.45, 7) is 9.34. The van der Waals surface area contributed by atoms with Gasteiger partial charge in [-0.1, -0.05) is 20.3 Å². The number of nitrogens with one attached hydrogen (secondary N) is 1. The van der Waals surface area contributed by atoms with Crippen LogP contribution in [0.5, 0.6) is 0 Å². The third-order valence-corrected chi connectivity index (χ3v) is 5.05. The standard InChI is InChI=1S/C16H27NS/c1-12(10-15-8-7-13(2)18-15)17-14-6-5-9-16(3,4)11-14/h7-8,12,14,17H,5-6,9-11H2,1-4H3. The first-order chi connectivity index (χ1) is 8.44. The zero-order chi connectivity index (χ0) is 13.2. The van der Waals surface area contributed by atoms with Crippen molar-refractivity contribution in [2.75, 3.05) is 0 Å². The molecule has 102 valence electrons. The molecule has 0 aromatic carbocycles. The van der Waals surface area contributed by atoms with Crippen LogP contribution < -0.4 is 5.32 Å². The van der Waals surface area contributed by atoms with Crippen molar-refractivity contribution in [1.82, 2.24) is 5.32 Å². The molecule has 0 amide bonds. The van der Waals surface area contributed by atoms with Crippen LogP contribution in [0.15, 0.2) is 12.1 Å². The van der Waals surface area contributed by atoms with Crippen molar-refractivity contribution in [3.63, 3.8) is 0 Å². The topological polar surface area (TPSA) is 12.0 Å². The van der Waals surface area contributed by atoms with Crippen LogP contribution in [0.2, 0.25) is 0 Å². The molecule has 1 fully saturated rings. The van der Waals surface area contributed by atoms with Crippen LogP contribution in [-0.4, -0.2) is 12.1 Å². The first-order valence-corrected chi connectivity index (χ1v) is 8.08. The van der Waals surface area contributed by atoms with Crippen molar-refractivity contribution >= 4 is 11.3 Å². The number of hydrogen-bond donors (Lipinski definition) is 1. The smallest absolute Gasteiger partial charge is 0.00896 e. The van der Waals surface area contributed by atoms with Gasteiger partial charge in [0.15, 0.2) is 0 Å². The summed E-state index contributed by atoms with van der Waals surface area (Å²) in [6.07, 6.45) is 6.65. The van der Waals surface area contributed by atoms with Crippen LogP contribution in [0.25, 0.3) is 0 Å². The Bertz CT molecular complexity index is 380. The predicted molar refractivity (Wildman–Crippen MR) is 81.4 cm³/mol. The van der Waals surface area contributed by atoms with Crippen molar-refractivity contribution in [1.29, 1.82) is 0 Å². The van der Waals surface area contributed by atoms with E-state index in [-0.39, 0.29) is 0 Å². The molecule has 1 saturated carbocycles. The normalized spacial score (nSPS) is 25.0. The second-order valence-corrected chi connectivity index (χ2v) is 8.11. The maximum Gasteiger partial charge on any atom is 0.00896 e. The van der Waals surface area contributed by atoms with E-state index < -0.39 is 0 Å². The Kier molecular flexibility index (Phi) is 4.50. The Morgan fingerprint density at radius 2 is 2.22 bits per heavy atom. The van der Waals surface area contributed by atoms with E-state index >= 15 is 0 Å². The Hall–Kier alpha value is -0.340. The zero-order valence-electron chi connectivity index (χ0n) is 12.3. The fourth-order valence-corrected chi connectivity index (χ4v) is 4.22. The molecule has 0 radical (unpaired) electrons. The van der Waals surface area contributed by atoms with E-state index in [4.69, 9.17) is 0 Å². The van der Waals surface area contributed by atoms with E-state index in [2.05, 4.69) is 45.1 Å². The van der Waals surface area contributed by atoms with E-state index in [1.165, 1.54) is 41.9 Å². The summed E-state index contributed by atoms with van der Waals surface area (Å²) < 4.78 is 0. The quantitative estimate of drug-likeness (QED) is 0.842. The highest BCUT2D eigenvalue weighted by atomic mass is 32.1. The van der Waals surface area contributed by atoms with Gasteiger partial charge in [0.05, 0.1) is 0 Å². The Morgan fingerprint density at radius 3 is 2.83 bits per heavy atom. The van der Waals surface area contributed by atoms with Gasteiger partial charge in [-0.15, -0.1) is 11.3 Å². The lowest BCUT2D eigenvalue weighted by Gasteiger charge is -2.37. The Labute approximate surface area is 116 Å². The van der Waals surface area contributed by atoms with E-state index in [9.17, 15) is 0 Å². The van der Waals surface area contributed by atoms with Gasteiger partial charge in [-0.25, -0.2) is 0 Å². The summed E-state index contributed by atoms with van der Waals surface area (Å²) in [6, 6.07) is 5.84. The number of thiophene rings is 1. The summed E-state index contributed by atoms with van der Waals surface area (Å²) in [4.78, 5) is 2.94. The van der Waals surface area contributed by atoms with Gasteiger partial charge in [0, 0.05) is 21.8 Å². The maximum atomic E-state index is 3.84. The molecule has 1 heterocycles.